The number of imidazole rings is 1. The Hall–Kier alpha value is -3.45. The summed E-state index contributed by atoms with van der Waals surface area (Å²) < 4.78 is 3.73. The molecule has 0 saturated carbocycles. The van der Waals surface area contributed by atoms with Crippen LogP contribution < -0.4 is 16.2 Å². The standard InChI is InChI=1S/C25H28N6O/c1-17(2)14-31-23-21(28-25(31)30-12-5-7-19(26)15-30)10-13-29(24(23)32)16-22-20-8-4-3-6-18(20)9-11-27-22/h3-4,6,8-11,13,19H,1,5,7,12,14-16,26H2,2H3. The van der Waals surface area contributed by atoms with E-state index in [1.165, 1.54) is 0 Å². The number of nitrogens with zero attached hydrogens (tertiary/aromatic N) is 5. The molecule has 3 aromatic heterocycles. The van der Waals surface area contributed by atoms with E-state index in [0.29, 0.717) is 24.1 Å². The van der Waals surface area contributed by atoms with Crippen molar-refractivity contribution >= 4 is 27.8 Å². The molecule has 0 bridgehead atoms. The van der Waals surface area contributed by atoms with Crippen LogP contribution in [0.15, 0.2) is 65.7 Å². The summed E-state index contributed by atoms with van der Waals surface area (Å²) in [4.78, 5) is 25.2. The molecule has 4 heterocycles. The van der Waals surface area contributed by atoms with Crippen molar-refractivity contribution < 1.29 is 0 Å². The first-order chi connectivity index (χ1) is 15.5. The number of nitrogens with two attached hydrogens (primary N) is 1. The SMILES string of the molecule is C=C(C)Cn1c(N2CCCC(N)C2)nc2ccn(Cc3nccc4ccccc34)c(=O)c21. The van der Waals surface area contributed by atoms with Crippen LogP contribution >= 0.6 is 0 Å². The van der Waals surface area contributed by atoms with E-state index < -0.39 is 0 Å². The fourth-order valence-corrected chi connectivity index (χ4v) is 4.61. The average Bonchev–Trinajstić information content (AvgIpc) is 3.14. The van der Waals surface area contributed by atoms with Crippen LogP contribution in [0.3, 0.4) is 0 Å². The summed E-state index contributed by atoms with van der Waals surface area (Å²) in [6.45, 7) is 8.63. The molecule has 4 aromatic rings. The van der Waals surface area contributed by atoms with Gasteiger partial charge in [0.1, 0.15) is 5.52 Å². The molecule has 1 aliphatic rings. The average molecular weight is 429 g/mol. The fraction of sp³-hybridized carbons (Fsp3) is 0.320. The topological polar surface area (TPSA) is 82.0 Å². The van der Waals surface area contributed by atoms with Crippen LogP contribution in [0.2, 0.25) is 0 Å². The van der Waals surface area contributed by atoms with Crippen LogP contribution in [-0.2, 0) is 13.1 Å². The van der Waals surface area contributed by atoms with Crippen molar-refractivity contribution in [2.45, 2.75) is 38.9 Å². The van der Waals surface area contributed by atoms with E-state index in [9.17, 15) is 4.79 Å². The molecule has 0 spiro atoms. The smallest absolute Gasteiger partial charge is 0.277 e. The van der Waals surface area contributed by atoms with Gasteiger partial charge in [0.15, 0.2) is 0 Å². The van der Waals surface area contributed by atoms with E-state index >= 15 is 0 Å². The second kappa shape index (κ2) is 8.24. The monoisotopic (exact) mass is 428 g/mol. The zero-order valence-electron chi connectivity index (χ0n) is 18.4. The predicted octanol–water partition coefficient (Wildman–Crippen LogP) is 3.30. The summed E-state index contributed by atoms with van der Waals surface area (Å²) >= 11 is 0. The van der Waals surface area contributed by atoms with Gasteiger partial charge < -0.3 is 19.8 Å². The molecule has 0 aliphatic carbocycles. The van der Waals surface area contributed by atoms with Gasteiger partial charge in [-0.2, -0.15) is 0 Å². The van der Waals surface area contributed by atoms with Gasteiger partial charge in [0.05, 0.1) is 17.8 Å². The Morgan fingerprint density at radius 3 is 2.91 bits per heavy atom. The molecular formula is C25H28N6O. The van der Waals surface area contributed by atoms with Crippen LogP contribution in [-0.4, -0.2) is 38.2 Å². The lowest BCUT2D eigenvalue weighted by atomic mass is 10.1. The number of rotatable bonds is 5. The highest BCUT2D eigenvalue weighted by Crippen LogP contribution is 2.25. The Bertz CT molecular complexity index is 1360. The lowest BCUT2D eigenvalue weighted by molar-refractivity contribution is 0.495. The van der Waals surface area contributed by atoms with Gasteiger partial charge in [-0.15, -0.1) is 0 Å². The Morgan fingerprint density at radius 2 is 2.09 bits per heavy atom. The molecule has 164 valence electrons. The summed E-state index contributed by atoms with van der Waals surface area (Å²) in [5.41, 5.74) is 9.30. The number of benzene rings is 1. The van der Waals surface area contributed by atoms with Crippen molar-refractivity contribution in [3.8, 4) is 0 Å². The van der Waals surface area contributed by atoms with Crippen LogP contribution in [0, 0.1) is 0 Å². The van der Waals surface area contributed by atoms with Crippen molar-refractivity contribution in [2.75, 3.05) is 18.0 Å². The highest BCUT2D eigenvalue weighted by Gasteiger charge is 2.24. The number of hydrogen-bond acceptors (Lipinski definition) is 5. The van der Waals surface area contributed by atoms with E-state index in [1.54, 1.807) is 10.8 Å². The van der Waals surface area contributed by atoms with Crippen molar-refractivity contribution in [3.63, 3.8) is 0 Å². The van der Waals surface area contributed by atoms with E-state index in [0.717, 1.165) is 53.9 Å². The molecule has 0 amide bonds. The maximum atomic E-state index is 13.6. The summed E-state index contributed by atoms with van der Waals surface area (Å²) in [6.07, 6.45) is 5.65. The van der Waals surface area contributed by atoms with Crippen molar-refractivity contribution in [1.82, 2.24) is 19.1 Å². The van der Waals surface area contributed by atoms with E-state index in [1.807, 2.05) is 48.0 Å². The number of anilines is 1. The van der Waals surface area contributed by atoms with E-state index in [-0.39, 0.29) is 11.6 Å². The van der Waals surface area contributed by atoms with Crippen LogP contribution in [0.25, 0.3) is 21.8 Å². The maximum Gasteiger partial charge on any atom is 0.277 e. The second-order valence-corrected chi connectivity index (χ2v) is 8.76. The Labute approximate surface area is 186 Å². The third kappa shape index (κ3) is 3.69. The molecule has 5 rings (SSSR count). The maximum absolute atomic E-state index is 13.6. The number of aromatic nitrogens is 4. The van der Waals surface area contributed by atoms with Crippen molar-refractivity contribution in [3.05, 3.63) is 77.0 Å². The number of fused-ring (bicyclic) bond motifs is 2. The highest BCUT2D eigenvalue weighted by molar-refractivity contribution is 5.84. The second-order valence-electron chi connectivity index (χ2n) is 8.76. The number of hydrogen-bond donors (Lipinski definition) is 1. The zero-order valence-corrected chi connectivity index (χ0v) is 18.4. The first-order valence-corrected chi connectivity index (χ1v) is 11.1. The molecule has 1 saturated heterocycles. The predicted molar refractivity (Wildman–Crippen MR) is 129 cm³/mol. The van der Waals surface area contributed by atoms with Gasteiger partial charge in [-0.1, -0.05) is 36.4 Å². The fourth-order valence-electron chi connectivity index (χ4n) is 4.61. The van der Waals surface area contributed by atoms with Gasteiger partial charge in [0.2, 0.25) is 5.95 Å². The third-order valence-electron chi connectivity index (χ3n) is 6.10. The van der Waals surface area contributed by atoms with Crippen LogP contribution in [0.1, 0.15) is 25.5 Å². The number of piperidine rings is 1. The molecule has 1 aliphatic heterocycles. The highest BCUT2D eigenvalue weighted by atomic mass is 16.1. The van der Waals surface area contributed by atoms with Crippen LogP contribution in [0.4, 0.5) is 5.95 Å². The molecule has 7 nitrogen and oxygen atoms in total. The summed E-state index contributed by atoms with van der Waals surface area (Å²) in [5.74, 6) is 0.802. The molecule has 1 aromatic carbocycles. The summed E-state index contributed by atoms with van der Waals surface area (Å²) in [6, 6.07) is 12.1. The summed E-state index contributed by atoms with van der Waals surface area (Å²) in [5, 5.41) is 2.17. The minimum atomic E-state index is -0.0708. The number of pyridine rings is 2. The Kier molecular flexibility index (Phi) is 5.27. The van der Waals surface area contributed by atoms with Gasteiger partial charge in [-0.25, -0.2) is 4.98 Å². The molecule has 7 heteroatoms. The summed E-state index contributed by atoms with van der Waals surface area (Å²) in [7, 11) is 0. The largest absolute Gasteiger partial charge is 0.341 e. The quantitative estimate of drug-likeness (QED) is 0.493. The number of allylic oxidation sites excluding steroid dienone is 1. The minimum absolute atomic E-state index is 0.0708. The van der Waals surface area contributed by atoms with E-state index in [2.05, 4.69) is 22.5 Å². The lowest BCUT2D eigenvalue weighted by Gasteiger charge is -2.32. The van der Waals surface area contributed by atoms with Crippen LogP contribution in [0.5, 0.6) is 0 Å². The molecular weight excluding hydrogens is 400 g/mol. The lowest BCUT2D eigenvalue weighted by Crippen LogP contribution is -2.44. The van der Waals surface area contributed by atoms with Gasteiger partial charge in [-0.05, 0) is 37.3 Å². The van der Waals surface area contributed by atoms with E-state index in [4.69, 9.17) is 10.7 Å². The van der Waals surface area contributed by atoms with Gasteiger partial charge in [-0.3, -0.25) is 9.78 Å². The molecule has 1 unspecified atom stereocenters. The first kappa shape index (κ1) is 20.5. The molecule has 2 N–H and O–H groups in total. The van der Waals surface area contributed by atoms with Gasteiger partial charge in [0, 0.05) is 43.5 Å². The minimum Gasteiger partial charge on any atom is -0.341 e. The zero-order chi connectivity index (χ0) is 22.2. The van der Waals surface area contributed by atoms with Crippen molar-refractivity contribution in [2.24, 2.45) is 5.73 Å². The molecule has 1 fully saturated rings. The third-order valence-corrected chi connectivity index (χ3v) is 6.10. The van der Waals surface area contributed by atoms with Crippen molar-refractivity contribution in [1.29, 1.82) is 0 Å². The first-order valence-electron chi connectivity index (χ1n) is 11.1. The Morgan fingerprint density at radius 1 is 1.25 bits per heavy atom. The van der Waals surface area contributed by atoms with Gasteiger partial charge >= 0.3 is 0 Å². The molecule has 1 atom stereocenters. The molecule has 32 heavy (non-hydrogen) atoms. The Balaban J connectivity index is 1.62. The van der Waals surface area contributed by atoms with Gasteiger partial charge in [0.25, 0.3) is 5.56 Å². The molecule has 0 radical (unpaired) electrons. The normalized spacial score (nSPS) is 16.7.